The van der Waals surface area contributed by atoms with E-state index in [2.05, 4.69) is 41.5 Å². The molecule has 0 heterocycles. The third-order valence-electron chi connectivity index (χ3n) is 11.7. The third-order valence-corrected chi connectivity index (χ3v) is 11.7. The zero-order valence-corrected chi connectivity index (χ0v) is 20.3. The van der Waals surface area contributed by atoms with Crippen molar-refractivity contribution >= 4 is 11.6 Å². The molecular formula is C27H44O2. The monoisotopic (exact) mass is 400 g/mol. The minimum atomic E-state index is -0.759. The second-order valence-corrected chi connectivity index (χ2v) is 13.6. The molecule has 0 aromatic rings. The molecule has 2 nitrogen and oxygen atoms in total. The van der Waals surface area contributed by atoms with Gasteiger partial charge in [-0.2, -0.15) is 0 Å². The van der Waals surface area contributed by atoms with Gasteiger partial charge in [0.25, 0.3) is 0 Å². The van der Waals surface area contributed by atoms with E-state index in [4.69, 9.17) is 0 Å². The van der Waals surface area contributed by atoms with Gasteiger partial charge in [-0.1, -0.05) is 41.5 Å². The van der Waals surface area contributed by atoms with Gasteiger partial charge in [-0.3, -0.25) is 9.59 Å². The van der Waals surface area contributed by atoms with Crippen molar-refractivity contribution in [2.24, 2.45) is 44.3 Å². The van der Waals surface area contributed by atoms with E-state index in [0.717, 1.165) is 31.6 Å². The van der Waals surface area contributed by atoms with Crippen molar-refractivity contribution in [3.05, 3.63) is 0 Å². The first-order valence-electron chi connectivity index (χ1n) is 12.2. The molecular weight excluding hydrogens is 356 g/mol. The summed E-state index contributed by atoms with van der Waals surface area (Å²) >= 11 is 0. The van der Waals surface area contributed by atoms with Crippen LogP contribution in [0, 0.1) is 44.3 Å². The molecule has 0 aromatic carbocycles. The van der Waals surface area contributed by atoms with E-state index in [1.54, 1.807) is 6.92 Å². The average molecular weight is 401 g/mol. The second kappa shape index (κ2) is 5.98. The highest BCUT2D eigenvalue weighted by Gasteiger charge is 2.70. The van der Waals surface area contributed by atoms with Crippen LogP contribution in [0.3, 0.4) is 0 Å². The molecule has 0 aliphatic heterocycles. The first-order valence-corrected chi connectivity index (χ1v) is 12.2. The summed E-state index contributed by atoms with van der Waals surface area (Å²) in [6, 6.07) is 0. The second-order valence-electron chi connectivity index (χ2n) is 13.6. The van der Waals surface area contributed by atoms with Crippen molar-refractivity contribution in [2.75, 3.05) is 0 Å². The Labute approximate surface area is 179 Å². The van der Waals surface area contributed by atoms with E-state index in [1.165, 1.54) is 32.1 Å². The van der Waals surface area contributed by atoms with E-state index in [1.807, 2.05) is 6.92 Å². The van der Waals surface area contributed by atoms with E-state index in [-0.39, 0.29) is 22.4 Å². The first kappa shape index (κ1) is 21.6. The molecule has 4 rings (SSSR count). The standard InChI is InChI=1S/C27H44O2/c1-18(28)24(5)10-9-19-25(6,21(24)29)14-16-27(8)20-17-22(2,3)11-12-23(20,4)13-15-26(19,27)7/h19-20H,9-17H2,1-8H3. The molecule has 0 aromatic heterocycles. The maximum absolute atomic E-state index is 13.8. The molecule has 0 bridgehead atoms. The number of fused-ring (bicyclic) bond motifs is 5. The lowest BCUT2D eigenvalue weighted by atomic mass is 9.32. The first-order chi connectivity index (χ1) is 13.1. The molecule has 7 unspecified atom stereocenters. The van der Waals surface area contributed by atoms with Crippen LogP contribution in [0.1, 0.15) is 113 Å². The number of Topliss-reactive ketones (excluding diaryl/α,β-unsaturated/α-hetero) is 2. The van der Waals surface area contributed by atoms with Crippen LogP contribution in [0.2, 0.25) is 0 Å². The summed E-state index contributed by atoms with van der Waals surface area (Å²) in [5.74, 6) is 1.50. The van der Waals surface area contributed by atoms with Crippen molar-refractivity contribution in [1.82, 2.24) is 0 Å². The molecule has 0 radical (unpaired) electrons. The summed E-state index contributed by atoms with van der Waals surface area (Å²) in [5.41, 5.74) is 0.305. The molecule has 0 amide bonds. The van der Waals surface area contributed by atoms with Gasteiger partial charge in [0.1, 0.15) is 5.78 Å². The van der Waals surface area contributed by atoms with Crippen LogP contribution in [0.25, 0.3) is 0 Å². The molecule has 4 saturated carbocycles. The Morgan fingerprint density at radius 1 is 0.759 bits per heavy atom. The van der Waals surface area contributed by atoms with Crippen LogP contribution in [0.15, 0.2) is 0 Å². The third kappa shape index (κ3) is 2.59. The maximum Gasteiger partial charge on any atom is 0.152 e. The fourth-order valence-electron chi connectivity index (χ4n) is 9.07. The highest BCUT2D eigenvalue weighted by Crippen LogP contribution is 2.75. The van der Waals surface area contributed by atoms with E-state index in [0.29, 0.717) is 22.2 Å². The van der Waals surface area contributed by atoms with Crippen LogP contribution in [0.4, 0.5) is 0 Å². The Kier molecular flexibility index (Phi) is 4.44. The zero-order chi connectivity index (χ0) is 21.7. The van der Waals surface area contributed by atoms with E-state index >= 15 is 0 Å². The normalized spacial score (nSPS) is 54.1. The number of carbonyl (C=O) groups excluding carboxylic acids is 2. The van der Waals surface area contributed by atoms with Crippen LogP contribution >= 0.6 is 0 Å². The summed E-state index contributed by atoms with van der Waals surface area (Å²) in [5, 5.41) is 0. The molecule has 4 aliphatic rings. The molecule has 0 spiro atoms. The van der Waals surface area contributed by atoms with E-state index < -0.39 is 5.41 Å². The van der Waals surface area contributed by atoms with Crippen LogP contribution < -0.4 is 0 Å². The van der Waals surface area contributed by atoms with Crippen molar-refractivity contribution in [3.63, 3.8) is 0 Å². The molecule has 0 saturated heterocycles. The van der Waals surface area contributed by atoms with E-state index in [9.17, 15) is 9.59 Å². The number of hydrogen-bond acceptors (Lipinski definition) is 2. The molecule has 2 heteroatoms. The molecule has 4 fully saturated rings. The lowest BCUT2D eigenvalue weighted by Crippen LogP contribution is -2.67. The van der Waals surface area contributed by atoms with Gasteiger partial charge < -0.3 is 0 Å². The number of ketones is 2. The van der Waals surface area contributed by atoms with Crippen molar-refractivity contribution in [3.8, 4) is 0 Å². The fraction of sp³-hybridized carbons (Fsp3) is 0.926. The largest absolute Gasteiger partial charge is 0.299 e. The van der Waals surface area contributed by atoms with Gasteiger partial charge in [-0.25, -0.2) is 0 Å². The Hall–Kier alpha value is -0.660. The lowest BCUT2D eigenvalue weighted by Gasteiger charge is -2.72. The number of hydrogen-bond donors (Lipinski definition) is 0. The molecule has 0 N–H and O–H groups in total. The summed E-state index contributed by atoms with van der Waals surface area (Å²) in [6.45, 7) is 18.4. The van der Waals surface area contributed by atoms with Crippen LogP contribution in [-0.2, 0) is 9.59 Å². The molecule has 164 valence electrons. The lowest BCUT2D eigenvalue weighted by molar-refractivity contribution is -0.228. The Bertz CT molecular complexity index is 752. The maximum atomic E-state index is 13.8. The highest BCUT2D eigenvalue weighted by atomic mass is 16.2. The topological polar surface area (TPSA) is 34.1 Å². The van der Waals surface area contributed by atoms with Crippen molar-refractivity contribution < 1.29 is 9.59 Å². The van der Waals surface area contributed by atoms with Crippen LogP contribution in [0.5, 0.6) is 0 Å². The Balaban J connectivity index is 1.76. The van der Waals surface area contributed by atoms with Crippen molar-refractivity contribution in [1.29, 1.82) is 0 Å². The smallest absolute Gasteiger partial charge is 0.152 e. The summed E-state index contributed by atoms with van der Waals surface area (Å²) in [7, 11) is 0. The van der Waals surface area contributed by atoms with Gasteiger partial charge >= 0.3 is 0 Å². The number of carbonyl (C=O) groups is 2. The highest BCUT2D eigenvalue weighted by molar-refractivity contribution is 6.08. The van der Waals surface area contributed by atoms with Gasteiger partial charge in [0.05, 0.1) is 5.41 Å². The van der Waals surface area contributed by atoms with Gasteiger partial charge in [-0.15, -0.1) is 0 Å². The minimum Gasteiger partial charge on any atom is -0.299 e. The predicted octanol–water partition coefficient (Wildman–Crippen LogP) is 7.00. The SMILES string of the molecule is CC(=O)C1(C)CCC2C(C)(CCC3(C)C4CC(C)(C)CCC4(C)CCC23C)C1=O. The summed E-state index contributed by atoms with van der Waals surface area (Å²) in [6.07, 6.45) is 10.5. The molecule has 29 heavy (non-hydrogen) atoms. The average Bonchev–Trinajstić information content (AvgIpc) is 2.63. The van der Waals surface area contributed by atoms with Crippen LogP contribution in [-0.4, -0.2) is 11.6 Å². The Morgan fingerprint density at radius 2 is 1.31 bits per heavy atom. The molecule has 7 atom stereocenters. The van der Waals surface area contributed by atoms with Gasteiger partial charge in [-0.05, 0) is 105 Å². The summed E-state index contributed by atoms with van der Waals surface area (Å²) < 4.78 is 0. The molecule has 4 aliphatic carbocycles. The Morgan fingerprint density at radius 3 is 1.93 bits per heavy atom. The van der Waals surface area contributed by atoms with Crippen molar-refractivity contribution in [2.45, 2.75) is 113 Å². The summed E-state index contributed by atoms with van der Waals surface area (Å²) in [4.78, 5) is 26.2. The zero-order valence-electron chi connectivity index (χ0n) is 20.3. The fourth-order valence-corrected chi connectivity index (χ4v) is 9.07. The quantitative estimate of drug-likeness (QED) is 0.444. The van der Waals surface area contributed by atoms with Gasteiger partial charge in [0.15, 0.2) is 5.78 Å². The predicted molar refractivity (Wildman–Crippen MR) is 119 cm³/mol. The minimum absolute atomic E-state index is 0.0749. The van der Waals surface area contributed by atoms with Gasteiger partial charge in [0, 0.05) is 5.41 Å². The number of rotatable bonds is 1. The van der Waals surface area contributed by atoms with Gasteiger partial charge in [0.2, 0.25) is 0 Å².